The number of alkyl halides is 6. The molecule has 1 saturated heterocycles. The van der Waals surface area contributed by atoms with Crippen molar-refractivity contribution in [3.8, 4) is 0 Å². The van der Waals surface area contributed by atoms with Crippen LogP contribution in [-0.4, -0.2) is 84.4 Å². The number of rotatable bonds is 4. The van der Waals surface area contributed by atoms with E-state index >= 15 is 0 Å². The molecule has 5 heterocycles. The standard InChI is InChI=1S/C29H29ClN8O3.2C2HF3O2/c1-17-10-25(37-41-17)28(40)38-8-6-18(7-9-38)12-26(39)35-24-5-4-21-13-20(24)3-2-19-11-22(15-31-14-19)34-29-32-16-23(30)27(33-21)36-29;2*3-2(4,5)1(6)7/h4-5,10-11,13-16,18H,2-3,6-9,12H2,1H3,(H,35,39)(H2,32,33,34,36);2*(H,6,7). The number of likely N-dealkylation sites (tertiary alicyclic amines) is 1. The van der Waals surface area contributed by atoms with Crippen LogP contribution in [0.4, 0.5) is 55.2 Å². The van der Waals surface area contributed by atoms with E-state index in [0.29, 0.717) is 54.2 Å². The third-order valence-electron chi connectivity index (χ3n) is 7.83. The quantitative estimate of drug-likeness (QED) is 0.139. The van der Waals surface area contributed by atoms with Gasteiger partial charge in [-0.15, -0.1) is 0 Å². The highest BCUT2D eigenvalue weighted by Gasteiger charge is 2.39. The number of aliphatic carboxylic acids is 2. The van der Waals surface area contributed by atoms with E-state index in [4.69, 9.17) is 35.9 Å². The molecule has 1 fully saturated rings. The second kappa shape index (κ2) is 17.9. The summed E-state index contributed by atoms with van der Waals surface area (Å²) in [7, 11) is 0. The van der Waals surface area contributed by atoms with Crippen molar-refractivity contribution in [3.05, 3.63) is 76.5 Å². The van der Waals surface area contributed by atoms with Crippen LogP contribution < -0.4 is 16.0 Å². The van der Waals surface area contributed by atoms with Crippen molar-refractivity contribution < 1.29 is 60.3 Å². The molecular weight excluding hydrogens is 770 g/mol. The second-order valence-corrected chi connectivity index (χ2v) is 12.4. The molecule has 2 amide bonds. The number of carbonyl (C=O) groups excluding carboxylic acids is 2. The van der Waals surface area contributed by atoms with Crippen molar-refractivity contribution in [2.75, 3.05) is 29.0 Å². The monoisotopic (exact) mass is 800 g/mol. The van der Waals surface area contributed by atoms with E-state index < -0.39 is 24.3 Å². The SMILES string of the molecule is Cc1cc(C(=O)N2CCC(CC(=O)Nc3ccc4cc3CCc3cncc(c3)Nc3ncc(Cl)c(n3)N4)CC2)no1.O=C(O)C(F)(F)F.O=C(O)C(F)(F)F. The van der Waals surface area contributed by atoms with Gasteiger partial charge in [0, 0.05) is 43.1 Å². The fourth-order valence-electron chi connectivity index (χ4n) is 5.19. The zero-order valence-corrected chi connectivity index (χ0v) is 29.2. The molecule has 5 N–H and O–H groups in total. The average Bonchev–Trinajstić information content (AvgIpc) is 3.55. The lowest BCUT2D eigenvalue weighted by molar-refractivity contribution is -0.193. The topological polar surface area (TPSA) is 213 Å². The molecular formula is C33H31ClF6N8O7. The highest BCUT2D eigenvalue weighted by Crippen LogP contribution is 2.30. The summed E-state index contributed by atoms with van der Waals surface area (Å²) < 4.78 is 68.5. The summed E-state index contributed by atoms with van der Waals surface area (Å²) in [6.45, 7) is 2.93. The second-order valence-electron chi connectivity index (χ2n) is 12.0. The Bertz CT molecular complexity index is 2000. The first-order chi connectivity index (χ1) is 25.8. The van der Waals surface area contributed by atoms with E-state index in [1.807, 2.05) is 30.5 Å². The molecule has 0 spiro atoms. The number of nitrogens with one attached hydrogen (secondary N) is 3. The lowest BCUT2D eigenvalue weighted by Crippen LogP contribution is -2.39. The number of hydrogen-bond donors (Lipinski definition) is 5. The maximum atomic E-state index is 13.1. The fraction of sp³-hybridized carbons (Fsp3) is 0.333. The molecule has 15 nitrogen and oxygen atoms in total. The van der Waals surface area contributed by atoms with Crippen molar-refractivity contribution in [1.82, 2.24) is 25.0 Å². The maximum Gasteiger partial charge on any atom is 0.490 e. The van der Waals surface area contributed by atoms with E-state index in [0.717, 1.165) is 47.5 Å². The Hall–Kier alpha value is -5.99. The molecule has 2 aliphatic heterocycles. The van der Waals surface area contributed by atoms with Crippen molar-refractivity contribution in [3.63, 3.8) is 0 Å². The van der Waals surface area contributed by atoms with Gasteiger partial charge < -0.3 is 35.6 Å². The zero-order chi connectivity index (χ0) is 40.5. The Labute approximate surface area is 312 Å². The van der Waals surface area contributed by atoms with Crippen molar-refractivity contribution >= 4 is 64.2 Å². The first-order valence-electron chi connectivity index (χ1n) is 16.0. The normalized spacial score (nSPS) is 14.1. The number of pyridine rings is 1. The number of carbonyl (C=O) groups is 4. The molecule has 2 aliphatic rings. The van der Waals surface area contributed by atoms with Gasteiger partial charge in [0.05, 0.1) is 18.1 Å². The van der Waals surface area contributed by atoms with Crippen LogP contribution in [0.5, 0.6) is 0 Å². The van der Waals surface area contributed by atoms with E-state index in [2.05, 4.69) is 36.1 Å². The van der Waals surface area contributed by atoms with E-state index in [1.54, 1.807) is 30.3 Å². The summed E-state index contributed by atoms with van der Waals surface area (Å²) in [5.41, 5.74) is 4.69. The number of fused-ring (bicyclic) bond motifs is 6. The minimum atomic E-state index is -5.08. The fourth-order valence-corrected chi connectivity index (χ4v) is 5.32. The number of nitrogens with zero attached hydrogens (tertiary/aromatic N) is 5. The number of carboxylic acids is 2. The first-order valence-corrected chi connectivity index (χ1v) is 16.4. The summed E-state index contributed by atoms with van der Waals surface area (Å²) >= 11 is 6.37. The van der Waals surface area contributed by atoms with E-state index in [-0.39, 0.29) is 17.7 Å². The summed E-state index contributed by atoms with van der Waals surface area (Å²) in [4.78, 5) is 58.5. The maximum absolute atomic E-state index is 13.1. The molecule has 6 rings (SSSR count). The van der Waals surface area contributed by atoms with Crippen LogP contribution in [0.25, 0.3) is 0 Å². The van der Waals surface area contributed by atoms with Crippen LogP contribution in [0.2, 0.25) is 5.02 Å². The van der Waals surface area contributed by atoms with Gasteiger partial charge >= 0.3 is 24.3 Å². The van der Waals surface area contributed by atoms with Gasteiger partial charge in [-0.2, -0.15) is 31.3 Å². The molecule has 0 saturated carbocycles. The molecule has 4 aromatic rings. The molecule has 0 aliphatic carbocycles. The summed E-state index contributed by atoms with van der Waals surface area (Å²) in [6, 6.07) is 9.46. The molecule has 0 radical (unpaired) electrons. The Balaban J connectivity index is 0.000000410. The molecule has 22 heteroatoms. The minimum absolute atomic E-state index is 0.0434. The first kappa shape index (κ1) is 41.8. The van der Waals surface area contributed by atoms with E-state index in [9.17, 15) is 35.9 Å². The van der Waals surface area contributed by atoms with Crippen LogP contribution in [0.15, 0.2) is 53.4 Å². The number of amides is 2. The molecule has 0 atom stereocenters. The molecule has 3 aromatic heterocycles. The third kappa shape index (κ3) is 12.5. The smallest absolute Gasteiger partial charge is 0.475 e. The Kier molecular flexibility index (Phi) is 13.6. The minimum Gasteiger partial charge on any atom is -0.475 e. The summed E-state index contributed by atoms with van der Waals surface area (Å²) in [5, 5.41) is 28.1. The van der Waals surface area contributed by atoms with Gasteiger partial charge in [-0.1, -0.05) is 16.8 Å². The van der Waals surface area contributed by atoms with Gasteiger partial charge in [0.25, 0.3) is 5.91 Å². The van der Waals surface area contributed by atoms with Gasteiger partial charge in [0.2, 0.25) is 11.9 Å². The number of anilines is 5. The molecule has 6 bridgehead atoms. The van der Waals surface area contributed by atoms with Crippen LogP contribution in [0.1, 0.15) is 46.6 Å². The van der Waals surface area contributed by atoms with Gasteiger partial charge in [-0.25, -0.2) is 14.6 Å². The number of hydrogen-bond acceptors (Lipinski definition) is 11. The Morgan fingerprint density at radius 1 is 0.927 bits per heavy atom. The third-order valence-corrected chi connectivity index (χ3v) is 8.10. The predicted molar refractivity (Wildman–Crippen MR) is 182 cm³/mol. The number of halogens is 7. The number of aryl methyl sites for hydroxylation is 3. The van der Waals surface area contributed by atoms with Crippen molar-refractivity contribution in [2.45, 2.75) is 51.4 Å². The summed E-state index contributed by atoms with van der Waals surface area (Å²) in [5.74, 6) is -4.01. The highest BCUT2D eigenvalue weighted by atomic mass is 35.5. The van der Waals surface area contributed by atoms with E-state index in [1.165, 1.54) is 0 Å². The van der Waals surface area contributed by atoms with Gasteiger partial charge in [0.1, 0.15) is 10.8 Å². The number of carboxylic acid groups (broad SMARTS) is 2. The van der Waals surface area contributed by atoms with Crippen molar-refractivity contribution in [2.24, 2.45) is 5.92 Å². The lowest BCUT2D eigenvalue weighted by atomic mass is 9.93. The predicted octanol–water partition coefficient (Wildman–Crippen LogP) is 6.55. The van der Waals surface area contributed by atoms with Gasteiger partial charge in [0.15, 0.2) is 11.5 Å². The van der Waals surface area contributed by atoms with Gasteiger partial charge in [-0.05, 0) is 73.9 Å². The number of benzene rings is 1. The van der Waals surface area contributed by atoms with Crippen LogP contribution in [-0.2, 0) is 27.2 Å². The van der Waals surface area contributed by atoms with Crippen LogP contribution in [0.3, 0.4) is 0 Å². The van der Waals surface area contributed by atoms with Crippen molar-refractivity contribution in [1.29, 1.82) is 0 Å². The Morgan fingerprint density at radius 3 is 2.18 bits per heavy atom. The largest absolute Gasteiger partial charge is 0.490 e. The molecule has 0 unspecified atom stereocenters. The number of aromatic nitrogens is 4. The summed E-state index contributed by atoms with van der Waals surface area (Å²) in [6.07, 6.45) is -1.75. The van der Waals surface area contributed by atoms with Crippen LogP contribution >= 0.6 is 11.6 Å². The molecule has 1 aromatic carbocycles. The highest BCUT2D eigenvalue weighted by molar-refractivity contribution is 6.32. The van der Waals surface area contributed by atoms with Crippen LogP contribution in [0, 0.1) is 12.8 Å². The average molecular weight is 801 g/mol. The molecule has 55 heavy (non-hydrogen) atoms. The Morgan fingerprint density at radius 2 is 1.58 bits per heavy atom. The number of piperidine rings is 1. The zero-order valence-electron chi connectivity index (χ0n) is 28.5. The van der Waals surface area contributed by atoms with Gasteiger partial charge in [-0.3, -0.25) is 14.6 Å². The lowest BCUT2D eigenvalue weighted by Gasteiger charge is -2.31. The molecule has 294 valence electrons.